The molecule has 1 aromatic heterocycles. The Morgan fingerprint density at radius 1 is 1.06 bits per heavy atom. The van der Waals surface area contributed by atoms with E-state index in [0.717, 1.165) is 14.5 Å². The van der Waals surface area contributed by atoms with Gasteiger partial charge in [-0.3, -0.25) is 0 Å². The molecule has 0 unspecified atom stereocenters. The van der Waals surface area contributed by atoms with Crippen molar-refractivity contribution in [2.75, 3.05) is 0 Å². The van der Waals surface area contributed by atoms with Gasteiger partial charge in [0.15, 0.2) is 0 Å². The van der Waals surface area contributed by atoms with Crippen LogP contribution in [0.2, 0.25) is 0 Å². The number of rotatable bonds is 0. The van der Waals surface area contributed by atoms with Gasteiger partial charge >= 0.3 is 0 Å². The third-order valence-electron chi connectivity index (χ3n) is 2.75. The largest absolute Gasteiger partial charge is 0.345 e. The Labute approximate surface area is 106 Å². The maximum atomic E-state index is 9.01. The molecule has 3 aromatic rings. The fourth-order valence-electron chi connectivity index (χ4n) is 1.98. The fraction of sp³-hybridized carbons (Fsp3) is 0. The molecule has 16 heavy (non-hydrogen) atoms. The van der Waals surface area contributed by atoms with E-state index < -0.39 is 0 Å². The van der Waals surface area contributed by atoms with Crippen LogP contribution in [-0.2, 0) is 0 Å². The van der Waals surface area contributed by atoms with Crippen LogP contribution >= 0.6 is 22.6 Å². The van der Waals surface area contributed by atoms with E-state index >= 15 is 0 Å². The molecule has 0 saturated carbocycles. The first-order valence-corrected chi connectivity index (χ1v) is 5.98. The molecule has 3 heteroatoms. The molecule has 3 rings (SSSR count). The minimum atomic E-state index is 0.645. The normalized spacial score (nSPS) is 10.8. The lowest BCUT2D eigenvalue weighted by molar-refractivity contribution is 1.36. The van der Waals surface area contributed by atoms with Gasteiger partial charge in [-0.15, -0.1) is 0 Å². The van der Waals surface area contributed by atoms with Gasteiger partial charge in [0.25, 0.3) is 0 Å². The Bertz CT molecular complexity index is 735. The summed E-state index contributed by atoms with van der Waals surface area (Å²) >= 11 is 2.21. The van der Waals surface area contributed by atoms with Crippen LogP contribution in [0.15, 0.2) is 36.4 Å². The standard InChI is InChI=1S/C13H7IN2/c14-12-10-6-5-8-3-1-2-4-9(8)13(10)16-11(12)7-15/h1-6,16H. The number of H-pyrrole nitrogens is 1. The van der Waals surface area contributed by atoms with Crippen LogP contribution in [0, 0.1) is 14.9 Å². The topological polar surface area (TPSA) is 39.6 Å². The smallest absolute Gasteiger partial charge is 0.132 e. The number of nitriles is 1. The molecule has 0 atom stereocenters. The van der Waals surface area contributed by atoms with Crippen molar-refractivity contribution in [2.45, 2.75) is 0 Å². The highest BCUT2D eigenvalue weighted by Gasteiger charge is 2.10. The Balaban J connectivity index is 2.57. The van der Waals surface area contributed by atoms with Crippen LogP contribution in [0.25, 0.3) is 21.7 Å². The van der Waals surface area contributed by atoms with E-state index in [-0.39, 0.29) is 0 Å². The van der Waals surface area contributed by atoms with Crippen molar-refractivity contribution in [1.82, 2.24) is 4.98 Å². The first-order valence-electron chi connectivity index (χ1n) is 4.90. The first kappa shape index (κ1) is 9.67. The highest BCUT2D eigenvalue weighted by Crippen LogP contribution is 2.29. The van der Waals surface area contributed by atoms with Crippen LogP contribution in [0.5, 0.6) is 0 Å². The summed E-state index contributed by atoms with van der Waals surface area (Å²) in [6.45, 7) is 0. The molecule has 0 aliphatic heterocycles. The Hall–Kier alpha value is -1.54. The lowest BCUT2D eigenvalue weighted by atomic mass is 10.1. The number of nitrogens with zero attached hydrogens (tertiary/aromatic N) is 1. The van der Waals surface area contributed by atoms with Gasteiger partial charge in [-0.2, -0.15) is 5.26 Å². The molecule has 0 amide bonds. The summed E-state index contributed by atoms with van der Waals surface area (Å²) in [6, 6.07) is 14.5. The number of hydrogen-bond acceptors (Lipinski definition) is 1. The van der Waals surface area contributed by atoms with Crippen LogP contribution < -0.4 is 0 Å². The molecule has 2 nitrogen and oxygen atoms in total. The lowest BCUT2D eigenvalue weighted by Crippen LogP contribution is -1.75. The van der Waals surface area contributed by atoms with Crippen molar-refractivity contribution in [3.05, 3.63) is 45.7 Å². The second kappa shape index (κ2) is 3.49. The number of aromatic nitrogens is 1. The summed E-state index contributed by atoms with van der Waals surface area (Å²) in [5, 5.41) is 12.5. The van der Waals surface area contributed by atoms with E-state index in [4.69, 9.17) is 5.26 Å². The second-order valence-corrected chi connectivity index (χ2v) is 4.71. The van der Waals surface area contributed by atoms with E-state index in [1.54, 1.807) is 0 Å². The van der Waals surface area contributed by atoms with Gasteiger partial charge in [0.2, 0.25) is 0 Å². The summed E-state index contributed by atoms with van der Waals surface area (Å²) in [7, 11) is 0. The number of aromatic amines is 1. The Morgan fingerprint density at radius 2 is 1.88 bits per heavy atom. The van der Waals surface area contributed by atoms with Gasteiger partial charge in [-0.05, 0) is 28.0 Å². The third-order valence-corrected chi connectivity index (χ3v) is 3.87. The van der Waals surface area contributed by atoms with E-state index in [1.807, 2.05) is 12.1 Å². The molecule has 0 fully saturated rings. The lowest BCUT2D eigenvalue weighted by Gasteiger charge is -1.98. The maximum absolute atomic E-state index is 9.01. The van der Waals surface area contributed by atoms with Crippen molar-refractivity contribution in [2.24, 2.45) is 0 Å². The van der Waals surface area contributed by atoms with E-state index in [9.17, 15) is 0 Å². The van der Waals surface area contributed by atoms with Gasteiger partial charge in [0.1, 0.15) is 11.8 Å². The summed E-state index contributed by atoms with van der Waals surface area (Å²) in [6.07, 6.45) is 0. The van der Waals surface area contributed by atoms with Crippen LogP contribution in [0.1, 0.15) is 5.69 Å². The molecule has 0 bridgehead atoms. The highest BCUT2D eigenvalue weighted by molar-refractivity contribution is 14.1. The molecule has 1 N–H and O–H groups in total. The van der Waals surface area contributed by atoms with Crippen LogP contribution in [-0.4, -0.2) is 4.98 Å². The van der Waals surface area contributed by atoms with Crippen molar-refractivity contribution in [3.8, 4) is 6.07 Å². The predicted octanol–water partition coefficient (Wildman–Crippen LogP) is 3.80. The van der Waals surface area contributed by atoms with Gasteiger partial charge in [-0.1, -0.05) is 36.4 Å². The third kappa shape index (κ3) is 1.23. The summed E-state index contributed by atoms with van der Waals surface area (Å²) in [5.41, 5.74) is 1.70. The highest BCUT2D eigenvalue weighted by atomic mass is 127. The van der Waals surface area contributed by atoms with E-state index in [2.05, 4.69) is 57.9 Å². The average Bonchev–Trinajstić information content (AvgIpc) is 2.67. The molecule has 0 saturated heterocycles. The molecule has 0 radical (unpaired) electrons. The molecule has 0 spiro atoms. The SMILES string of the molecule is N#Cc1[nH]c2c(ccc3ccccc32)c1I. The van der Waals surface area contributed by atoms with E-state index in [1.165, 1.54) is 10.8 Å². The van der Waals surface area contributed by atoms with Crippen molar-refractivity contribution in [1.29, 1.82) is 5.26 Å². The molecule has 76 valence electrons. The quantitative estimate of drug-likeness (QED) is 0.629. The molecule has 0 aliphatic carbocycles. The second-order valence-electron chi connectivity index (χ2n) is 3.64. The maximum Gasteiger partial charge on any atom is 0.132 e. The number of nitrogens with one attached hydrogen (secondary N) is 1. The number of benzene rings is 2. The number of fused-ring (bicyclic) bond motifs is 3. The first-order chi connectivity index (χ1) is 7.81. The van der Waals surface area contributed by atoms with E-state index in [0.29, 0.717) is 5.69 Å². The predicted molar refractivity (Wildman–Crippen MR) is 73.2 cm³/mol. The molecule has 1 heterocycles. The molecular weight excluding hydrogens is 311 g/mol. The zero-order chi connectivity index (χ0) is 11.1. The average molecular weight is 318 g/mol. The van der Waals surface area contributed by atoms with Gasteiger partial charge in [0.05, 0.1) is 9.09 Å². The summed E-state index contributed by atoms with van der Waals surface area (Å²) in [4.78, 5) is 3.19. The minimum Gasteiger partial charge on any atom is -0.345 e. The van der Waals surface area contributed by atoms with Gasteiger partial charge in [-0.25, -0.2) is 0 Å². The van der Waals surface area contributed by atoms with Crippen LogP contribution in [0.4, 0.5) is 0 Å². The Morgan fingerprint density at radius 3 is 2.69 bits per heavy atom. The fourth-order valence-corrected chi connectivity index (χ4v) is 2.69. The summed E-state index contributed by atoms with van der Waals surface area (Å²) in [5.74, 6) is 0. The number of halogens is 1. The Kier molecular flexibility index (Phi) is 2.11. The van der Waals surface area contributed by atoms with Crippen molar-refractivity contribution in [3.63, 3.8) is 0 Å². The summed E-state index contributed by atoms with van der Waals surface area (Å²) < 4.78 is 1.00. The minimum absolute atomic E-state index is 0.645. The monoisotopic (exact) mass is 318 g/mol. The molecular formula is C13H7IN2. The molecule has 0 aliphatic rings. The van der Waals surface area contributed by atoms with Crippen molar-refractivity contribution >= 4 is 44.3 Å². The van der Waals surface area contributed by atoms with Crippen LogP contribution in [0.3, 0.4) is 0 Å². The zero-order valence-corrected chi connectivity index (χ0v) is 10.4. The van der Waals surface area contributed by atoms with Gasteiger partial charge < -0.3 is 4.98 Å². The number of hydrogen-bond donors (Lipinski definition) is 1. The van der Waals surface area contributed by atoms with Crippen molar-refractivity contribution < 1.29 is 0 Å². The molecule has 2 aromatic carbocycles. The zero-order valence-electron chi connectivity index (χ0n) is 8.29. The van der Waals surface area contributed by atoms with Gasteiger partial charge in [0, 0.05) is 10.8 Å².